The average molecular weight is 504 g/mol. The van der Waals surface area contributed by atoms with Gasteiger partial charge < -0.3 is 15.2 Å². The van der Waals surface area contributed by atoms with Crippen molar-refractivity contribution in [2.45, 2.75) is 4.90 Å². The molecule has 4 rings (SSSR count). The molecule has 8 nitrogen and oxygen atoms in total. The van der Waals surface area contributed by atoms with Crippen LogP contribution in [0.4, 0.5) is 4.39 Å². The average Bonchev–Trinajstić information content (AvgIpc) is 2.85. The number of sulfone groups is 1. The third kappa shape index (κ3) is 5.48. The predicted octanol–water partition coefficient (Wildman–Crippen LogP) is 4.85. The molecule has 0 aliphatic rings. The van der Waals surface area contributed by atoms with Crippen LogP contribution in [-0.4, -0.2) is 25.6 Å². The molecule has 0 unspecified atom stereocenters. The van der Waals surface area contributed by atoms with Crippen LogP contribution in [-0.2, 0) is 9.84 Å². The molecule has 1 amide bonds. The molecule has 1 heterocycles. The van der Waals surface area contributed by atoms with Crippen molar-refractivity contribution in [1.29, 1.82) is 5.26 Å². The number of benzene rings is 3. The first kappa shape index (κ1) is 24.4. The van der Waals surface area contributed by atoms with E-state index in [0.29, 0.717) is 16.9 Å². The number of carbonyl (C=O) groups excluding carboxylic acids is 1. The van der Waals surface area contributed by atoms with Crippen LogP contribution in [0.1, 0.15) is 15.9 Å². The molecular weight excluding hydrogens is 485 g/mol. The Morgan fingerprint density at radius 2 is 1.64 bits per heavy atom. The van der Waals surface area contributed by atoms with Gasteiger partial charge in [0.15, 0.2) is 9.84 Å². The lowest BCUT2D eigenvalue weighted by Gasteiger charge is -2.13. The van der Waals surface area contributed by atoms with Gasteiger partial charge in [-0.1, -0.05) is 6.07 Å². The topological polar surface area (TPSA) is 132 Å². The summed E-state index contributed by atoms with van der Waals surface area (Å²) in [6.07, 6.45) is 3.97. The van der Waals surface area contributed by atoms with Gasteiger partial charge in [0.1, 0.15) is 39.8 Å². The van der Waals surface area contributed by atoms with Crippen LogP contribution in [0, 0.1) is 17.1 Å². The number of aromatic nitrogens is 1. The van der Waals surface area contributed by atoms with Gasteiger partial charge in [-0.05, 0) is 60.2 Å². The summed E-state index contributed by atoms with van der Waals surface area (Å²) in [5, 5.41) is 8.91. The molecule has 0 atom stereocenters. The first-order chi connectivity index (χ1) is 17.1. The van der Waals surface area contributed by atoms with Crippen LogP contribution < -0.4 is 15.2 Å². The highest BCUT2D eigenvalue weighted by molar-refractivity contribution is 7.90. The van der Waals surface area contributed by atoms with Crippen LogP contribution in [0.2, 0.25) is 0 Å². The summed E-state index contributed by atoms with van der Waals surface area (Å²) in [5.74, 6) is -0.382. The predicted molar refractivity (Wildman–Crippen MR) is 129 cm³/mol. The monoisotopic (exact) mass is 503 g/mol. The quantitative estimate of drug-likeness (QED) is 0.381. The molecule has 0 spiro atoms. The zero-order chi connectivity index (χ0) is 25.9. The number of nitrogens with two attached hydrogens (primary N) is 1. The van der Waals surface area contributed by atoms with E-state index in [0.717, 1.165) is 6.26 Å². The third-order valence-electron chi connectivity index (χ3n) is 5.05. The second-order valence-electron chi connectivity index (χ2n) is 7.69. The lowest BCUT2D eigenvalue weighted by molar-refractivity contribution is 0.1000. The van der Waals surface area contributed by atoms with Crippen LogP contribution in [0.15, 0.2) is 84.0 Å². The van der Waals surface area contributed by atoms with Gasteiger partial charge >= 0.3 is 0 Å². The highest BCUT2D eigenvalue weighted by Gasteiger charge is 2.18. The zero-order valence-corrected chi connectivity index (χ0v) is 19.6. The van der Waals surface area contributed by atoms with Crippen LogP contribution in [0.25, 0.3) is 11.1 Å². The van der Waals surface area contributed by atoms with Crippen molar-refractivity contribution in [3.63, 3.8) is 0 Å². The number of pyridine rings is 1. The number of nitriles is 1. The number of rotatable bonds is 7. The Bertz CT molecular complexity index is 1610. The van der Waals surface area contributed by atoms with Crippen molar-refractivity contribution in [2.75, 3.05) is 6.26 Å². The van der Waals surface area contributed by atoms with Crippen molar-refractivity contribution in [3.05, 3.63) is 96.1 Å². The molecule has 3 aromatic carbocycles. The summed E-state index contributed by atoms with van der Waals surface area (Å²) < 4.78 is 50.5. The Hall–Kier alpha value is -4.75. The van der Waals surface area contributed by atoms with E-state index in [1.54, 1.807) is 18.2 Å². The Balaban J connectivity index is 1.61. The molecule has 0 saturated heterocycles. The van der Waals surface area contributed by atoms with Gasteiger partial charge in [-0.15, -0.1) is 0 Å². The Morgan fingerprint density at radius 1 is 0.917 bits per heavy atom. The molecule has 180 valence electrons. The molecule has 10 heteroatoms. The number of hydrogen-bond acceptors (Lipinski definition) is 7. The van der Waals surface area contributed by atoms with Gasteiger partial charge in [0, 0.05) is 29.6 Å². The SMILES string of the molecule is CS(=O)(=O)c1cc(Oc2cncc(-c3ccc(C#N)c(F)c3)c2)ccc1Oc1ccc(C(N)=O)cc1. The maximum absolute atomic E-state index is 14.0. The number of halogens is 1. The summed E-state index contributed by atoms with van der Waals surface area (Å²) in [5.41, 5.74) is 6.48. The summed E-state index contributed by atoms with van der Waals surface area (Å²) >= 11 is 0. The summed E-state index contributed by atoms with van der Waals surface area (Å²) in [6, 6.07) is 17.8. The van der Waals surface area contributed by atoms with Gasteiger partial charge in [0.25, 0.3) is 0 Å². The maximum atomic E-state index is 14.0. The van der Waals surface area contributed by atoms with Crippen LogP contribution in [0.5, 0.6) is 23.0 Å². The maximum Gasteiger partial charge on any atom is 0.248 e. The number of ether oxygens (including phenoxy) is 2. The Labute approximate surface area is 206 Å². The Kier molecular flexibility index (Phi) is 6.67. The van der Waals surface area contributed by atoms with Crippen molar-refractivity contribution in [3.8, 4) is 40.2 Å². The van der Waals surface area contributed by atoms with Gasteiger partial charge in [-0.3, -0.25) is 9.78 Å². The minimum absolute atomic E-state index is 0.0663. The molecular formula is C26H18FN3O5S. The minimum atomic E-state index is -3.72. The second-order valence-corrected chi connectivity index (χ2v) is 9.67. The lowest BCUT2D eigenvalue weighted by Crippen LogP contribution is -2.10. The fourth-order valence-electron chi connectivity index (χ4n) is 3.29. The van der Waals surface area contributed by atoms with Gasteiger partial charge in [0.2, 0.25) is 5.91 Å². The number of amides is 1. The lowest BCUT2D eigenvalue weighted by atomic mass is 10.1. The summed E-state index contributed by atoms with van der Waals surface area (Å²) in [6.45, 7) is 0. The van der Waals surface area contributed by atoms with Crippen molar-refractivity contribution in [2.24, 2.45) is 5.73 Å². The molecule has 4 aromatic rings. The largest absolute Gasteiger partial charge is 0.456 e. The molecule has 0 fully saturated rings. The standard InChI is InChI=1S/C26H18FN3O5S/c1-36(32,33)25-12-21(8-9-24(25)35-20-6-4-16(5-7-20)26(29)31)34-22-10-19(14-30-15-22)17-2-3-18(13-28)23(27)11-17/h2-12,14-15H,1H3,(H2,29,31). The van der Waals surface area contributed by atoms with E-state index >= 15 is 0 Å². The smallest absolute Gasteiger partial charge is 0.248 e. The van der Waals surface area contributed by atoms with Crippen LogP contribution >= 0.6 is 0 Å². The Morgan fingerprint density at radius 3 is 2.28 bits per heavy atom. The molecule has 0 saturated carbocycles. The molecule has 36 heavy (non-hydrogen) atoms. The molecule has 2 N–H and O–H groups in total. The summed E-state index contributed by atoms with van der Waals surface area (Å²) in [7, 11) is -3.72. The third-order valence-corrected chi connectivity index (χ3v) is 6.17. The van der Waals surface area contributed by atoms with E-state index in [1.807, 2.05) is 0 Å². The number of carbonyl (C=O) groups is 1. The molecule has 0 aliphatic carbocycles. The van der Waals surface area contributed by atoms with Gasteiger partial charge in [0.05, 0.1) is 11.8 Å². The molecule has 0 radical (unpaired) electrons. The number of hydrogen-bond donors (Lipinski definition) is 1. The molecule has 0 aliphatic heterocycles. The normalized spacial score (nSPS) is 10.9. The van der Waals surface area contributed by atoms with Gasteiger partial charge in [-0.25, -0.2) is 12.8 Å². The number of primary amides is 1. The van der Waals surface area contributed by atoms with Crippen molar-refractivity contribution >= 4 is 15.7 Å². The van der Waals surface area contributed by atoms with Crippen LogP contribution in [0.3, 0.4) is 0 Å². The van der Waals surface area contributed by atoms with E-state index in [4.69, 9.17) is 20.5 Å². The number of nitrogens with zero attached hydrogens (tertiary/aromatic N) is 2. The van der Waals surface area contributed by atoms with E-state index in [9.17, 15) is 17.6 Å². The summed E-state index contributed by atoms with van der Waals surface area (Å²) in [4.78, 5) is 15.2. The first-order valence-corrected chi connectivity index (χ1v) is 12.3. The fraction of sp³-hybridized carbons (Fsp3) is 0.0385. The van der Waals surface area contributed by atoms with Crippen molar-refractivity contribution < 1.29 is 27.1 Å². The zero-order valence-electron chi connectivity index (χ0n) is 18.8. The van der Waals surface area contributed by atoms with Crippen molar-refractivity contribution in [1.82, 2.24) is 4.98 Å². The first-order valence-electron chi connectivity index (χ1n) is 10.4. The van der Waals surface area contributed by atoms with E-state index in [-0.39, 0.29) is 33.3 Å². The molecule has 0 bridgehead atoms. The minimum Gasteiger partial charge on any atom is -0.456 e. The van der Waals surface area contributed by atoms with E-state index in [1.165, 1.54) is 67.0 Å². The van der Waals surface area contributed by atoms with E-state index < -0.39 is 21.6 Å². The van der Waals surface area contributed by atoms with E-state index in [2.05, 4.69) is 4.98 Å². The highest BCUT2D eigenvalue weighted by atomic mass is 32.2. The highest BCUT2D eigenvalue weighted by Crippen LogP contribution is 2.34. The molecule has 1 aromatic heterocycles. The second kappa shape index (κ2) is 9.85. The van der Waals surface area contributed by atoms with Gasteiger partial charge in [-0.2, -0.15) is 5.26 Å². The fourth-order valence-corrected chi connectivity index (χ4v) is 4.10.